The number of ether oxygens (including phenoxy) is 1. The maximum atomic E-state index is 10.7. The lowest BCUT2D eigenvalue weighted by atomic mass is 10.3. The quantitative estimate of drug-likeness (QED) is 0.537. The molecule has 0 saturated heterocycles. The van der Waals surface area contributed by atoms with Crippen molar-refractivity contribution in [1.82, 2.24) is 4.98 Å². The van der Waals surface area contributed by atoms with Crippen molar-refractivity contribution in [2.45, 2.75) is 0 Å². The van der Waals surface area contributed by atoms with Gasteiger partial charge < -0.3 is 4.74 Å². The van der Waals surface area contributed by atoms with Gasteiger partial charge in [-0.1, -0.05) is 11.6 Å². The Morgan fingerprint density at radius 2 is 2.46 bits per heavy atom. The van der Waals surface area contributed by atoms with Crippen molar-refractivity contribution >= 4 is 23.6 Å². The number of halogens is 1. The first-order valence-corrected chi connectivity index (χ1v) is 3.98. The van der Waals surface area contributed by atoms with E-state index in [1.54, 1.807) is 18.3 Å². The Morgan fingerprint density at radius 3 is 3.08 bits per heavy atom. The van der Waals surface area contributed by atoms with Crippen molar-refractivity contribution in [3.05, 3.63) is 35.1 Å². The van der Waals surface area contributed by atoms with E-state index in [4.69, 9.17) is 11.6 Å². The summed E-state index contributed by atoms with van der Waals surface area (Å²) in [5.41, 5.74) is 0.623. The molecule has 3 nitrogen and oxygen atoms in total. The van der Waals surface area contributed by atoms with Crippen LogP contribution in [0.25, 0.3) is 6.08 Å². The molecule has 0 amide bonds. The van der Waals surface area contributed by atoms with Gasteiger partial charge in [0.2, 0.25) is 0 Å². The molecule has 0 saturated carbocycles. The van der Waals surface area contributed by atoms with Crippen LogP contribution in [0.5, 0.6) is 0 Å². The standard InChI is InChI=1S/C9H8ClNO2/c1-13-9(12)3-2-8-6-7(10)4-5-11-8/h2-6H,1H3. The van der Waals surface area contributed by atoms with Crippen LogP contribution in [0.3, 0.4) is 0 Å². The van der Waals surface area contributed by atoms with Gasteiger partial charge in [-0.2, -0.15) is 0 Å². The number of hydrogen-bond donors (Lipinski definition) is 0. The summed E-state index contributed by atoms with van der Waals surface area (Å²) in [5, 5.41) is 0.583. The Bertz CT molecular complexity index is 336. The molecule has 13 heavy (non-hydrogen) atoms. The van der Waals surface area contributed by atoms with Gasteiger partial charge in [0.05, 0.1) is 12.8 Å². The number of hydrogen-bond acceptors (Lipinski definition) is 3. The second-order valence-electron chi connectivity index (χ2n) is 2.26. The van der Waals surface area contributed by atoms with Crippen LogP contribution in [0.15, 0.2) is 24.4 Å². The minimum atomic E-state index is -0.415. The normalized spacial score (nSPS) is 10.3. The third-order valence-electron chi connectivity index (χ3n) is 1.33. The third-order valence-corrected chi connectivity index (χ3v) is 1.57. The smallest absolute Gasteiger partial charge is 0.330 e. The van der Waals surface area contributed by atoms with Gasteiger partial charge in [-0.25, -0.2) is 4.79 Å². The van der Waals surface area contributed by atoms with E-state index < -0.39 is 5.97 Å². The molecule has 68 valence electrons. The summed E-state index contributed by atoms with van der Waals surface area (Å²) in [7, 11) is 1.32. The number of pyridine rings is 1. The highest BCUT2D eigenvalue weighted by molar-refractivity contribution is 6.30. The topological polar surface area (TPSA) is 39.2 Å². The first-order chi connectivity index (χ1) is 6.22. The molecule has 1 aromatic heterocycles. The van der Waals surface area contributed by atoms with Gasteiger partial charge in [0, 0.05) is 17.3 Å². The summed E-state index contributed by atoms with van der Waals surface area (Å²) in [4.78, 5) is 14.7. The Kier molecular flexibility index (Phi) is 3.46. The van der Waals surface area contributed by atoms with Gasteiger partial charge in [0.15, 0.2) is 0 Å². The first-order valence-electron chi connectivity index (χ1n) is 3.60. The summed E-state index contributed by atoms with van der Waals surface area (Å²) in [6.07, 6.45) is 4.40. The number of esters is 1. The molecule has 0 aromatic carbocycles. The highest BCUT2D eigenvalue weighted by atomic mass is 35.5. The molecule has 1 aromatic rings. The zero-order valence-corrected chi connectivity index (χ0v) is 7.78. The number of nitrogens with zero attached hydrogens (tertiary/aromatic N) is 1. The van der Waals surface area contributed by atoms with Gasteiger partial charge >= 0.3 is 5.97 Å². The van der Waals surface area contributed by atoms with Gasteiger partial charge in [0.25, 0.3) is 0 Å². The van der Waals surface area contributed by atoms with Crippen molar-refractivity contribution in [3.8, 4) is 0 Å². The molecule has 0 atom stereocenters. The fourth-order valence-electron chi connectivity index (χ4n) is 0.734. The number of carbonyl (C=O) groups excluding carboxylic acids is 1. The molecule has 0 aliphatic heterocycles. The van der Waals surface area contributed by atoms with E-state index in [2.05, 4.69) is 9.72 Å². The van der Waals surface area contributed by atoms with Crippen LogP contribution in [0, 0.1) is 0 Å². The second kappa shape index (κ2) is 4.62. The predicted molar refractivity (Wildman–Crippen MR) is 50.3 cm³/mol. The average molecular weight is 198 g/mol. The van der Waals surface area contributed by atoms with E-state index in [1.807, 2.05) is 0 Å². The fraction of sp³-hybridized carbons (Fsp3) is 0.111. The Balaban J connectivity index is 2.74. The van der Waals surface area contributed by atoms with Crippen molar-refractivity contribution < 1.29 is 9.53 Å². The molecule has 0 bridgehead atoms. The SMILES string of the molecule is COC(=O)C=Cc1cc(Cl)ccn1. The lowest BCUT2D eigenvalue weighted by molar-refractivity contribution is -0.134. The monoisotopic (exact) mass is 197 g/mol. The summed E-state index contributed by atoms with van der Waals surface area (Å²) in [6.45, 7) is 0. The van der Waals surface area contributed by atoms with Crippen molar-refractivity contribution in [2.24, 2.45) is 0 Å². The zero-order valence-electron chi connectivity index (χ0n) is 7.03. The Hall–Kier alpha value is -1.35. The lowest BCUT2D eigenvalue weighted by Crippen LogP contribution is -1.93. The largest absolute Gasteiger partial charge is 0.466 e. The van der Waals surface area contributed by atoms with Crippen LogP contribution < -0.4 is 0 Å². The summed E-state index contributed by atoms with van der Waals surface area (Å²) in [5.74, 6) is -0.415. The van der Waals surface area contributed by atoms with E-state index in [1.165, 1.54) is 19.3 Å². The molecule has 0 aliphatic carbocycles. The highest BCUT2D eigenvalue weighted by Crippen LogP contribution is 2.08. The molecule has 0 fully saturated rings. The second-order valence-corrected chi connectivity index (χ2v) is 2.69. The first kappa shape index (κ1) is 9.74. The van der Waals surface area contributed by atoms with Crippen molar-refractivity contribution in [2.75, 3.05) is 7.11 Å². The molecule has 0 spiro atoms. The summed E-state index contributed by atoms with van der Waals surface area (Å²) >= 11 is 5.70. The van der Waals surface area contributed by atoms with Crippen molar-refractivity contribution in [1.29, 1.82) is 0 Å². The van der Waals surface area contributed by atoms with Crippen LogP contribution in [-0.4, -0.2) is 18.1 Å². The molecule has 4 heteroatoms. The van der Waals surface area contributed by atoms with Crippen molar-refractivity contribution in [3.63, 3.8) is 0 Å². The number of carbonyl (C=O) groups is 1. The molecule has 0 N–H and O–H groups in total. The third kappa shape index (κ3) is 3.25. The van der Waals surface area contributed by atoms with Gasteiger partial charge in [-0.05, 0) is 18.2 Å². The maximum Gasteiger partial charge on any atom is 0.330 e. The van der Waals surface area contributed by atoms with Crippen LogP contribution in [0.4, 0.5) is 0 Å². The number of methoxy groups -OCH3 is 1. The minimum absolute atomic E-state index is 0.415. The highest BCUT2D eigenvalue weighted by Gasteiger charge is 1.93. The predicted octanol–water partition coefficient (Wildman–Crippen LogP) is 1.92. The van der Waals surface area contributed by atoms with Crippen LogP contribution in [-0.2, 0) is 9.53 Å². The van der Waals surface area contributed by atoms with Crippen LogP contribution in [0.1, 0.15) is 5.69 Å². The minimum Gasteiger partial charge on any atom is -0.466 e. The maximum absolute atomic E-state index is 10.7. The average Bonchev–Trinajstić information content (AvgIpc) is 2.14. The van der Waals surface area contributed by atoms with Gasteiger partial charge in [-0.3, -0.25) is 4.98 Å². The number of aromatic nitrogens is 1. The van der Waals surface area contributed by atoms with Gasteiger partial charge in [0.1, 0.15) is 0 Å². The summed E-state index contributed by atoms with van der Waals surface area (Å²) in [6, 6.07) is 3.32. The molecule has 0 radical (unpaired) electrons. The summed E-state index contributed by atoms with van der Waals surface area (Å²) < 4.78 is 4.42. The van der Waals surface area contributed by atoms with E-state index in [0.29, 0.717) is 10.7 Å². The fourth-order valence-corrected chi connectivity index (χ4v) is 0.902. The Labute approximate surface area is 81.0 Å². The van der Waals surface area contributed by atoms with E-state index >= 15 is 0 Å². The van der Waals surface area contributed by atoms with E-state index in [-0.39, 0.29) is 0 Å². The molecule has 0 aliphatic rings. The van der Waals surface area contributed by atoms with E-state index in [9.17, 15) is 4.79 Å². The Morgan fingerprint density at radius 1 is 1.69 bits per heavy atom. The molecule has 1 rings (SSSR count). The lowest BCUT2D eigenvalue weighted by Gasteiger charge is -1.92. The van der Waals surface area contributed by atoms with Crippen LogP contribution >= 0.6 is 11.6 Å². The molecular formula is C9H8ClNO2. The molecular weight excluding hydrogens is 190 g/mol. The van der Waals surface area contributed by atoms with E-state index in [0.717, 1.165) is 0 Å². The van der Waals surface area contributed by atoms with Gasteiger partial charge in [-0.15, -0.1) is 0 Å². The number of rotatable bonds is 2. The molecule has 0 unspecified atom stereocenters. The van der Waals surface area contributed by atoms with Crippen LogP contribution in [0.2, 0.25) is 5.02 Å². The zero-order chi connectivity index (χ0) is 9.68. The molecule has 1 heterocycles.